The van der Waals surface area contributed by atoms with Crippen LogP contribution in [0.5, 0.6) is 0 Å². The van der Waals surface area contributed by atoms with E-state index in [0.717, 1.165) is 19.0 Å². The zero-order valence-corrected chi connectivity index (χ0v) is 12.5. The summed E-state index contributed by atoms with van der Waals surface area (Å²) in [4.78, 5) is 6.79. The molecule has 4 nitrogen and oxygen atoms in total. The van der Waals surface area contributed by atoms with E-state index in [-0.39, 0.29) is 0 Å². The average molecular weight is 280 g/mol. The minimum Gasteiger partial charge on any atom is -0.356 e. The molecule has 0 spiro atoms. The molecule has 1 saturated heterocycles. The fraction of sp³-hybridized carbons (Fsp3) is 0.643. The van der Waals surface area contributed by atoms with E-state index in [9.17, 15) is 0 Å². The Hall–Kier alpha value is -1.07. The zero-order valence-electron chi connectivity index (χ0n) is 11.7. The fourth-order valence-corrected chi connectivity index (χ4v) is 2.98. The second-order valence-electron chi connectivity index (χ2n) is 4.89. The maximum absolute atomic E-state index is 4.24. The second kappa shape index (κ2) is 8.17. The molecule has 0 amide bonds. The number of nitrogens with zero attached hydrogens (tertiary/aromatic N) is 2. The van der Waals surface area contributed by atoms with Crippen LogP contribution in [0.4, 0.5) is 0 Å². The monoisotopic (exact) mass is 280 g/mol. The molecule has 106 valence electrons. The molecule has 0 radical (unpaired) electrons. The number of guanidine groups is 1. The Balaban J connectivity index is 1.57. The first-order valence-corrected chi connectivity index (χ1v) is 8.01. The highest BCUT2D eigenvalue weighted by Gasteiger charge is 2.10. The summed E-state index contributed by atoms with van der Waals surface area (Å²) in [5, 5.41) is 11.0. The number of likely N-dealkylation sites (tertiary alicyclic amines) is 1. The normalized spacial score (nSPS) is 16.8. The summed E-state index contributed by atoms with van der Waals surface area (Å²) in [5.41, 5.74) is 1.31. The molecule has 2 heterocycles. The number of thiophene rings is 1. The Morgan fingerprint density at radius 1 is 1.37 bits per heavy atom. The van der Waals surface area contributed by atoms with Crippen LogP contribution in [0.1, 0.15) is 24.8 Å². The molecule has 5 heteroatoms. The topological polar surface area (TPSA) is 39.7 Å². The standard InChI is InChI=1S/C14H24N4S/c1-15-14(17-11-13-5-10-19-12-13)16-6-4-9-18-7-2-3-8-18/h5,10,12H,2-4,6-9,11H2,1H3,(H2,15,16,17). The van der Waals surface area contributed by atoms with Gasteiger partial charge in [-0.05, 0) is 61.3 Å². The van der Waals surface area contributed by atoms with Gasteiger partial charge in [0.25, 0.3) is 0 Å². The summed E-state index contributed by atoms with van der Waals surface area (Å²) in [5.74, 6) is 0.896. The number of hydrogen-bond donors (Lipinski definition) is 2. The lowest BCUT2D eigenvalue weighted by molar-refractivity contribution is 0.334. The van der Waals surface area contributed by atoms with E-state index in [1.165, 1.54) is 44.5 Å². The van der Waals surface area contributed by atoms with Crippen LogP contribution in [0.25, 0.3) is 0 Å². The van der Waals surface area contributed by atoms with Crippen LogP contribution in [0.15, 0.2) is 21.8 Å². The van der Waals surface area contributed by atoms with Gasteiger partial charge in [-0.15, -0.1) is 0 Å². The highest BCUT2D eigenvalue weighted by Crippen LogP contribution is 2.07. The Kier molecular flexibility index (Phi) is 6.17. The summed E-state index contributed by atoms with van der Waals surface area (Å²) in [6, 6.07) is 2.14. The summed E-state index contributed by atoms with van der Waals surface area (Å²) >= 11 is 1.73. The van der Waals surface area contributed by atoms with Crippen LogP contribution >= 0.6 is 11.3 Å². The Morgan fingerprint density at radius 3 is 2.89 bits per heavy atom. The number of nitrogens with one attached hydrogen (secondary N) is 2. The molecule has 0 aromatic carbocycles. The van der Waals surface area contributed by atoms with E-state index < -0.39 is 0 Å². The lowest BCUT2D eigenvalue weighted by Crippen LogP contribution is -2.38. The van der Waals surface area contributed by atoms with Gasteiger partial charge in [-0.1, -0.05) is 0 Å². The van der Waals surface area contributed by atoms with E-state index in [1.807, 2.05) is 7.05 Å². The Labute approximate surface area is 119 Å². The maximum Gasteiger partial charge on any atom is 0.191 e. The van der Waals surface area contributed by atoms with Crippen molar-refractivity contribution < 1.29 is 0 Å². The van der Waals surface area contributed by atoms with Crippen LogP contribution in [0, 0.1) is 0 Å². The summed E-state index contributed by atoms with van der Waals surface area (Å²) in [6.45, 7) is 5.60. The van der Waals surface area contributed by atoms with E-state index in [1.54, 1.807) is 11.3 Å². The molecule has 1 aliphatic rings. The van der Waals surface area contributed by atoms with Crippen LogP contribution in [-0.4, -0.2) is 44.1 Å². The molecule has 0 unspecified atom stereocenters. The highest BCUT2D eigenvalue weighted by molar-refractivity contribution is 7.07. The lowest BCUT2D eigenvalue weighted by atomic mass is 10.3. The molecular formula is C14H24N4S. The molecule has 0 bridgehead atoms. The SMILES string of the molecule is CN=C(NCCCN1CCCC1)NCc1ccsc1. The number of aliphatic imine (C=N–C) groups is 1. The first-order valence-electron chi connectivity index (χ1n) is 7.06. The Morgan fingerprint density at radius 2 is 2.21 bits per heavy atom. The summed E-state index contributed by atoms with van der Waals surface area (Å²) in [7, 11) is 1.82. The van der Waals surface area contributed by atoms with Crippen LogP contribution in [0.2, 0.25) is 0 Å². The largest absolute Gasteiger partial charge is 0.356 e. The average Bonchev–Trinajstić information content (AvgIpc) is 3.11. The van der Waals surface area contributed by atoms with Crippen molar-refractivity contribution in [3.63, 3.8) is 0 Å². The lowest BCUT2D eigenvalue weighted by Gasteiger charge is -2.15. The van der Waals surface area contributed by atoms with Crippen LogP contribution in [0.3, 0.4) is 0 Å². The predicted molar refractivity (Wildman–Crippen MR) is 82.8 cm³/mol. The molecule has 1 aromatic heterocycles. The molecule has 2 N–H and O–H groups in total. The van der Waals surface area contributed by atoms with Gasteiger partial charge >= 0.3 is 0 Å². The van der Waals surface area contributed by atoms with Crippen LogP contribution in [-0.2, 0) is 6.54 Å². The summed E-state index contributed by atoms with van der Waals surface area (Å²) < 4.78 is 0. The zero-order chi connectivity index (χ0) is 13.3. The van der Waals surface area contributed by atoms with E-state index in [4.69, 9.17) is 0 Å². The van der Waals surface area contributed by atoms with Crippen molar-refractivity contribution in [3.05, 3.63) is 22.4 Å². The van der Waals surface area contributed by atoms with Crippen molar-refractivity contribution in [1.82, 2.24) is 15.5 Å². The van der Waals surface area contributed by atoms with E-state index >= 15 is 0 Å². The molecule has 0 aliphatic carbocycles. The first kappa shape index (κ1) is 14.3. The van der Waals surface area contributed by atoms with Gasteiger partial charge < -0.3 is 15.5 Å². The second-order valence-corrected chi connectivity index (χ2v) is 5.67. The number of rotatable bonds is 6. The number of hydrogen-bond acceptors (Lipinski definition) is 3. The first-order chi connectivity index (χ1) is 9.38. The highest BCUT2D eigenvalue weighted by atomic mass is 32.1. The van der Waals surface area contributed by atoms with Gasteiger partial charge in [-0.25, -0.2) is 0 Å². The third kappa shape index (κ3) is 5.20. The molecule has 1 aromatic rings. The Bertz CT molecular complexity index is 369. The maximum atomic E-state index is 4.24. The van der Waals surface area contributed by atoms with Crippen molar-refractivity contribution in [2.45, 2.75) is 25.8 Å². The minimum absolute atomic E-state index is 0.843. The molecule has 1 fully saturated rings. The molecule has 0 saturated carbocycles. The van der Waals surface area contributed by atoms with Crippen molar-refractivity contribution in [2.24, 2.45) is 4.99 Å². The fourth-order valence-electron chi connectivity index (χ4n) is 2.32. The third-order valence-electron chi connectivity index (χ3n) is 3.41. The molecule has 1 aliphatic heterocycles. The van der Waals surface area contributed by atoms with Gasteiger partial charge in [0.1, 0.15) is 0 Å². The minimum atomic E-state index is 0.843. The third-order valence-corrected chi connectivity index (χ3v) is 4.14. The van der Waals surface area contributed by atoms with Gasteiger partial charge in [-0.3, -0.25) is 4.99 Å². The summed E-state index contributed by atoms with van der Waals surface area (Å²) in [6.07, 6.45) is 3.92. The van der Waals surface area contributed by atoms with Gasteiger partial charge in [0, 0.05) is 20.1 Å². The predicted octanol–water partition coefficient (Wildman–Crippen LogP) is 1.90. The van der Waals surface area contributed by atoms with Gasteiger partial charge in [0.2, 0.25) is 0 Å². The van der Waals surface area contributed by atoms with Gasteiger partial charge in [0.05, 0.1) is 0 Å². The van der Waals surface area contributed by atoms with Crippen molar-refractivity contribution in [1.29, 1.82) is 0 Å². The molecule has 0 atom stereocenters. The van der Waals surface area contributed by atoms with Crippen LogP contribution < -0.4 is 10.6 Å². The van der Waals surface area contributed by atoms with E-state index in [0.29, 0.717) is 0 Å². The molecular weight excluding hydrogens is 256 g/mol. The van der Waals surface area contributed by atoms with Gasteiger partial charge in [-0.2, -0.15) is 11.3 Å². The smallest absolute Gasteiger partial charge is 0.191 e. The quantitative estimate of drug-likeness (QED) is 0.475. The van der Waals surface area contributed by atoms with Gasteiger partial charge in [0.15, 0.2) is 5.96 Å². The molecule has 2 rings (SSSR count). The molecule has 19 heavy (non-hydrogen) atoms. The van der Waals surface area contributed by atoms with E-state index in [2.05, 4.69) is 37.4 Å². The van der Waals surface area contributed by atoms with Crippen molar-refractivity contribution in [2.75, 3.05) is 33.2 Å². The van der Waals surface area contributed by atoms with Crippen molar-refractivity contribution in [3.8, 4) is 0 Å². The van der Waals surface area contributed by atoms with Crippen molar-refractivity contribution >= 4 is 17.3 Å².